The van der Waals surface area contributed by atoms with Gasteiger partial charge in [-0.3, -0.25) is 4.79 Å². The molecule has 3 rings (SSSR count). The molecule has 19 heavy (non-hydrogen) atoms. The van der Waals surface area contributed by atoms with Crippen molar-refractivity contribution in [3.05, 3.63) is 39.5 Å². The monoisotopic (exact) mass is 339 g/mol. The third-order valence-electron chi connectivity index (χ3n) is 3.44. The van der Waals surface area contributed by atoms with Gasteiger partial charge in [-0.05, 0) is 34.8 Å². The summed E-state index contributed by atoms with van der Waals surface area (Å²) in [6.45, 7) is 1.61. The van der Waals surface area contributed by atoms with Crippen molar-refractivity contribution in [3.8, 4) is 0 Å². The number of nitrogens with zero attached hydrogens (tertiary/aromatic N) is 3. The van der Waals surface area contributed by atoms with E-state index in [-0.39, 0.29) is 5.91 Å². The maximum absolute atomic E-state index is 12.4. The first-order valence-corrected chi connectivity index (χ1v) is 7.92. The van der Waals surface area contributed by atoms with Crippen molar-refractivity contribution < 1.29 is 4.79 Å². The second-order valence-corrected chi connectivity index (χ2v) is 6.99. The lowest BCUT2D eigenvalue weighted by atomic mass is 10.0. The summed E-state index contributed by atoms with van der Waals surface area (Å²) in [7, 11) is 0. The van der Waals surface area contributed by atoms with Gasteiger partial charge < -0.3 is 9.47 Å². The van der Waals surface area contributed by atoms with Gasteiger partial charge in [-0.2, -0.15) is 0 Å². The number of hydrogen-bond donors (Lipinski definition) is 0. The lowest BCUT2D eigenvalue weighted by Crippen LogP contribution is -2.40. The standard InChI is InChI=1S/C13H14BrN3OS/c14-12-6-10(8-19-12)13(18)16-4-1-2-11(7-16)17-5-3-15-9-17/h3,5-6,8-9,11H,1-2,4,7H2. The molecule has 6 heteroatoms. The third-order valence-corrected chi connectivity index (χ3v) is 4.95. The Kier molecular flexibility index (Phi) is 3.70. The number of carbonyl (C=O) groups excluding carboxylic acids is 1. The van der Waals surface area contributed by atoms with Crippen LogP contribution < -0.4 is 0 Å². The summed E-state index contributed by atoms with van der Waals surface area (Å²) in [4.78, 5) is 18.4. The van der Waals surface area contributed by atoms with Gasteiger partial charge in [0.2, 0.25) is 0 Å². The average Bonchev–Trinajstić information content (AvgIpc) is 3.09. The highest BCUT2D eigenvalue weighted by Crippen LogP contribution is 2.25. The van der Waals surface area contributed by atoms with Crippen molar-refractivity contribution >= 4 is 33.2 Å². The minimum Gasteiger partial charge on any atom is -0.337 e. The molecule has 2 aromatic heterocycles. The van der Waals surface area contributed by atoms with Crippen LogP contribution in [0, 0.1) is 0 Å². The number of amides is 1. The van der Waals surface area contributed by atoms with Crippen LogP contribution in [0.1, 0.15) is 29.2 Å². The maximum Gasteiger partial charge on any atom is 0.254 e. The zero-order valence-electron chi connectivity index (χ0n) is 10.3. The zero-order valence-corrected chi connectivity index (χ0v) is 12.7. The average molecular weight is 340 g/mol. The van der Waals surface area contributed by atoms with Crippen LogP contribution in [0.5, 0.6) is 0 Å². The van der Waals surface area contributed by atoms with Crippen LogP contribution >= 0.6 is 27.3 Å². The zero-order chi connectivity index (χ0) is 13.2. The molecule has 1 saturated heterocycles. The summed E-state index contributed by atoms with van der Waals surface area (Å²) in [6.07, 6.45) is 7.74. The third kappa shape index (κ3) is 2.74. The number of aromatic nitrogens is 2. The lowest BCUT2D eigenvalue weighted by Gasteiger charge is -2.33. The number of piperidine rings is 1. The second kappa shape index (κ2) is 5.46. The van der Waals surface area contributed by atoms with Gasteiger partial charge in [-0.15, -0.1) is 11.3 Å². The molecule has 0 aliphatic carbocycles. The number of halogens is 1. The Hall–Kier alpha value is -1.14. The fourth-order valence-corrected chi connectivity index (χ4v) is 3.60. The molecule has 1 aliphatic rings. The van der Waals surface area contributed by atoms with E-state index in [2.05, 4.69) is 25.5 Å². The Morgan fingerprint density at radius 2 is 2.42 bits per heavy atom. The van der Waals surface area contributed by atoms with Gasteiger partial charge in [0.15, 0.2) is 0 Å². The molecular formula is C13H14BrN3OS. The van der Waals surface area contributed by atoms with E-state index >= 15 is 0 Å². The van der Waals surface area contributed by atoms with Crippen LogP contribution in [0.2, 0.25) is 0 Å². The molecule has 0 N–H and O–H groups in total. The van der Waals surface area contributed by atoms with Gasteiger partial charge in [-0.1, -0.05) is 0 Å². The van der Waals surface area contributed by atoms with E-state index in [4.69, 9.17) is 0 Å². The lowest BCUT2D eigenvalue weighted by molar-refractivity contribution is 0.0680. The van der Waals surface area contributed by atoms with Crippen LogP contribution in [-0.2, 0) is 0 Å². The largest absolute Gasteiger partial charge is 0.337 e. The molecule has 0 radical (unpaired) electrons. The topological polar surface area (TPSA) is 38.1 Å². The van der Waals surface area contributed by atoms with Crippen molar-refractivity contribution in [3.63, 3.8) is 0 Å². The van der Waals surface area contributed by atoms with E-state index in [1.807, 2.05) is 28.9 Å². The normalized spacial score (nSPS) is 19.6. The molecule has 2 aromatic rings. The Morgan fingerprint density at radius 3 is 3.11 bits per heavy atom. The highest BCUT2D eigenvalue weighted by Gasteiger charge is 2.25. The molecule has 1 amide bonds. The van der Waals surface area contributed by atoms with Crippen molar-refractivity contribution in [2.24, 2.45) is 0 Å². The van der Waals surface area contributed by atoms with Crippen molar-refractivity contribution in [1.82, 2.24) is 14.5 Å². The Bertz CT molecular complexity index is 566. The van der Waals surface area contributed by atoms with Crippen LogP contribution in [0.15, 0.2) is 34.0 Å². The first-order valence-electron chi connectivity index (χ1n) is 6.25. The molecule has 1 atom stereocenters. The van der Waals surface area contributed by atoms with E-state index in [0.717, 1.165) is 35.3 Å². The van der Waals surface area contributed by atoms with Gasteiger partial charge in [0.1, 0.15) is 0 Å². The summed E-state index contributed by atoms with van der Waals surface area (Å²) < 4.78 is 3.10. The Labute approximate surface area is 124 Å². The summed E-state index contributed by atoms with van der Waals surface area (Å²) in [6, 6.07) is 2.25. The van der Waals surface area contributed by atoms with Gasteiger partial charge >= 0.3 is 0 Å². The number of carbonyl (C=O) groups is 1. The van der Waals surface area contributed by atoms with Crippen LogP contribution in [-0.4, -0.2) is 33.4 Å². The molecule has 1 fully saturated rings. The number of likely N-dealkylation sites (tertiary alicyclic amines) is 1. The van der Waals surface area contributed by atoms with E-state index in [1.165, 1.54) is 0 Å². The second-order valence-electron chi connectivity index (χ2n) is 4.70. The highest BCUT2D eigenvalue weighted by molar-refractivity contribution is 9.11. The van der Waals surface area contributed by atoms with E-state index in [1.54, 1.807) is 17.5 Å². The number of rotatable bonds is 2. The van der Waals surface area contributed by atoms with Crippen LogP contribution in [0.3, 0.4) is 0 Å². The summed E-state index contributed by atoms with van der Waals surface area (Å²) in [5.74, 6) is 0.131. The molecule has 100 valence electrons. The number of thiophene rings is 1. The molecule has 0 bridgehead atoms. The molecular weight excluding hydrogens is 326 g/mol. The summed E-state index contributed by atoms with van der Waals surface area (Å²) in [5.41, 5.74) is 0.781. The van der Waals surface area contributed by atoms with Crippen LogP contribution in [0.4, 0.5) is 0 Å². The van der Waals surface area contributed by atoms with Gasteiger partial charge in [0.05, 0.1) is 21.7 Å². The van der Waals surface area contributed by atoms with E-state index < -0.39 is 0 Å². The molecule has 0 saturated carbocycles. The predicted octanol–water partition coefficient (Wildman–Crippen LogP) is 3.18. The Morgan fingerprint density at radius 1 is 1.53 bits per heavy atom. The molecule has 1 aliphatic heterocycles. The molecule has 4 nitrogen and oxygen atoms in total. The number of imidazole rings is 1. The Balaban J connectivity index is 1.73. The number of hydrogen-bond acceptors (Lipinski definition) is 3. The highest BCUT2D eigenvalue weighted by atomic mass is 79.9. The van der Waals surface area contributed by atoms with E-state index in [9.17, 15) is 4.79 Å². The molecule has 0 spiro atoms. The van der Waals surface area contributed by atoms with Gasteiger partial charge in [0.25, 0.3) is 5.91 Å². The first-order chi connectivity index (χ1) is 9.24. The van der Waals surface area contributed by atoms with Crippen LogP contribution in [0.25, 0.3) is 0 Å². The van der Waals surface area contributed by atoms with E-state index in [0.29, 0.717) is 6.04 Å². The molecule has 1 unspecified atom stereocenters. The fourth-order valence-electron chi connectivity index (χ4n) is 2.47. The summed E-state index contributed by atoms with van der Waals surface area (Å²) >= 11 is 4.95. The van der Waals surface area contributed by atoms with Crippen molar-refractivity contribution in [1.29, 1.82) is 0 Å². The predicted molar refractivity (Wildman–Crippen MR) is 78.4 cm³/mol. The SMILES string of the molecule is O=C(c1csc(Br)c1)N1CCCC(n2ccnc2)C1. The first kappa shape index (κ1) is 12.9. The van der Waals surface area contributed by atoms with Crippen molar-refractivity contribution in [2.45, 2.75) is 18.9 Å². The molecule has 3 heterocycles. The summed E-state index contributed by atoms with van der Waals surface area (Å²) in [5, 5.41) is 1.91. The fraction of sp³-hybridized carbons (Fsp3) is 0.385. The maximum atomic E-state index is 12.4. The minimum absolute atomic E-state index is 0.131. The minimum atomic E-state index is 0.131. The molecule has 0 aromatic carbocycles. The van der Waals surface area contributed by atoms with Gasteiger partial charge in [0, 0.05) is 30.9 Å². The smallest absolute Gasteiger partial charge is 0.254 e. The quantitative estimate of drug-likeness (QED) is 0.842. The van der Waals surface area contributed by atoms with Crippen molar-refractivity contribution in [2.75, 3.05) is 13.1 Å². The van der Waals surface area contributed by atoms with Gasteiger partial charge in [-0.25, -0.2) is 4.98 Å².